The van der Waals surface area contributed by atoms with E-state index in [0.29, 0.717) is 13.2 Å². The van der Waals surface area contributed by atoms with Crippen molar-refractivity contribution in [3.05, 3.63) is 34.3 Å². The summed E-state index contributed by atoms with van der Waals surface area (Å²) in [5, 5.41) is 9.04. The van der Waals surface area contributed by atoms with E-state index in [4.69, 9.17) is 15.6 Å². The van der Waals surface area contributed by atoms with E-state index in [1.54, 1.807) is 7.11 Å². The van der Waals surface area contributed by atoms with Gasteiger partial charge in [-0.1, -0.05) is 34.1 Å². The highest BCUT2D eigenvalue weighted by Crippen LogP contribution is 2.23. The van der Waals surface area contributed by atoms with Crippen molar-refractivity contribution in [3.8, 4) is 0 Å². The van der Waals surface area contributed by atoms with Crippen molar-refractivity contribution in [2.45, 2.75) is 12.5 Å². The molecule has 5 heteroatoms. The maximum Gasteiger partial charge on any atom is 0.0589 e. The second-order valence-corrected chi connectivity index (χ2v) is 5.33. The van der Waals surface area contributed by atoms with E-state index in [1.807, 2.05) is 24.3 Å². The van der Waals surface area contributed by atoms with Crippen molar-refractivity contribution in [1.82, 2.24) is 4.90 Å². The van der Waals surface area contributed by atoms with Crippen LogP contribution < -0.4 is 5.73 Å². The minimum absolute atomic E-state index is 0.000636. The summed E-state index contributed by atoms with van der Waals surface area (Å²) in [7, 11) is 1.68. The first-order valence-electron chi connectivity index (χ1n) is 6.51. The molecule has 1 aromatic carbocycles. The molecule has 0 saturated carbocycles. The molecule has 0 aliphatic heterocycles. The molecule has 1 unspecified atom stereocenters. The molecule has 0 fully saturated rings. The molecule has 0 aliphatic rings. The van der Waals surface area contributed by atoms with Crippen LogP contribution in [-0.4, -0.2) is 50.0 Å². The number of hydrogen-bond donors (Lipinski definition) is 2. The van der Waals surface area contributed by atoms with Crippen LogP contribution in [-0.2, 0) is 4.74 Å². The van der Waals surface area contributed by atoms with Crippen molar-refractivity contribution >= 4 is 15.9 Å². The number of nitrogens with zero attached hydrogens (tertiary/aromatic N) is 1. The summed E-state index contributed by atoms with van der Waals surface area (Å²) < 4.78 is 6.12. The average molecular weight is 331 g/mol. The summed E-state index contributed by atoms with van der Waals surface area (Å²) in [6, 6.07) is 8.03. The van der Waals surface area contributed by atoms with E-state index >= 15 is 0 Å². The van der Waals surface area contributed by atoms with Crippen LogP contribution in [0.3, 0.4) is 0 Å². The first kappa shape index (κ1) is 16.6. The lowest BCUT2D eigenvalue weighted by Crippen LogP contribution is -2.33. The topological polar surface area (TPSA) is 58.7 Å². The number of aliphatic hydroxyl groups excluding tert-OH is 1. The van der Waals surface area contributed by atoms with Gasteiger partial charge in [0.15, 0.2) is 0 Å². The fourth-order valence-electron chi connectivity index (χ4n) is 1.95. The molecule has 1 rings (SSSR count). The number of aliphatic hydroxyl groups is 1. The smallest absolute Gasteiger partial charge is 0.0589 e. The van der Waals surface area contributed by atoms with Crippen LogP contribution in [0.15, 0.2) is 28.7 Å². The monoisotopic (exact) mass is 330 g/mol. The predicted octanol–water partition coefficient (Wildman–Crippen LogP) is 1.78. The second kappa shape index (κ2) is 9.44. The fourth-order valence-corrected chi connectivity index (χ4v) is 2.53. The van der Waals surface area contributed by atoms with E-state index in [-0.39, 0.29) is 12.6 Å². The van der Waals surface area contributed by atoms with E-state index in [1.165, 1.54) is 0 Å². The first-order chi connectivity index (χ1) is 9.19. The third-order valence-electron chi connectivity index (χ3n) is 3.09. The Hall–Kier alpha value is -0.460. The Morgan fingerprint density at radius 2 is 2.05 bits per heavy atom. The van der Waals surface area contributed by atoms with Crippen LogP contribution in [0, 0.1) is 0 Å². The molecule has 0 aliphatic carbocycles. The molecular weight excluding hydrogens is 308 g/mol. The Kier molecular flexibility index (Phi) is 8.25. The largest absolute Gasteiger partial charge is 0.395 e. The number of nitrogens with two attached hydrogens (primary N) is 1. The molecule has 0 saturated heterocycles. The molecule has 0 radical (unpaired) electrons. The molecule has 108 valence electrons. The molecule has 0 heterocycles. The minimum atomic E-state index is -0.000636. The Morgan fingerprint density at radius 1 is 1.32 bits per heavy atom. The molecule has 19 heavy (non-hydrogen) atoms. The van der Waals surface area contributed by atoms with Crippen LogP contribution in [0.2, 0.25) is 0 Å². The van der Waals surface area contributed by atoms with Crippen molar-refractivity contribution in [2.24, 2.45) is 5.73 Å². The minimum Gasteiger partial charge on any atom is -0.395 e. The highest BCUT2D eigenvalue weighted by Gasteiger charge is 2.11. The van der Waals surface area contributed by atoms with Gasteiger partial charge in [0.05, 0.1) is 13.2 Å². The molecule has 4 nitrogen and oxygen atoms in total. The maximum atomic E-state index is 9.04. The molecule has 1 aromatic rings. The van der Waals surface area contributed by atoms with Crippen LogP contribution in [0.4, 0.5) is 0 Å². The van der Waals surface area contributed by atoms with E-state index in [2.05, 4.69) is 20.8 Å². The zero-order valence-electron chi connectivity index (χ0n) is 11.4. The second-order valence-electron chi connectivity index (χ2n) is 4.47. The molecule has 0 aromatic heterocycles. The lowest BCUT2D eigenvalue weighted by atomic mass is 10.0. The van der Waals surface area contributed by atoms with Crippen molar-refractivity contribution in [2.75, 3.05) is 40.0 Å². The van der Waals surface area contributed by atoms with Gasteiger partial charge in [0.25, 0.3) is 0 Å². The number of methoxy groups -OCH3 is 1. The van der Waals surface area contributed by atoms with Gasteiger partial charge in [-0.05, 0) is 18.1 Å². The Bertz CT molecular complexity index is 363. The number of halogens is 1. The summed E-state index contributed by atoms with van der Waals surface area (Å²) in [6.07, 6.45) is 0.853. The van der Waals surface area contributed by atoms with Crippen molar-refractivity contribution in [3.63, 3.8) is 0 Å². The average Bonchev–Trinajstić information content (AvgIpc) is 2.42. The lowest BCUT2D eigenvalue weighted by molar-refractivity contribution is 0.128. The van der Waals surface area contributed by atoms with Crippen LogP contribution in [0.25, 0.3) is 0 Å². The summed E-state index contributed by atoms with van der Waals surface area (Å²) in [5.74, 6) is 0. The van der Waals surface area contributed by atoms with E-state index < -0.39 is 0 Å². The van der Waals surface area contributed by atoms with Crippen molar-refractivity contribution < 1.29 is 9.84 Å². The SMILES string of the molecule is COCCN(CCO)CCC(N)c1ccccc1Br. The van der Waals surface area contributed by atoms with Crippen LogP contribution in [0.1, 0.15) is 18.0 Å². The predicted molar refractivity (Wildman–Crippen MR) is 81.1 cm³/mol. The summed E-state index contributed by atoms with van der Waals surface area (Å²) in [6.45, 7) is 3.16. The van der Waals surface area contributed by atoms with E-state index in [9.17, 15) is 0 Å². The standard InChI is InChI=1S/C14H23BrN2O2/c1-19-11-9-17(8-10-18)7-6-14(16)12-4-2-3-5-13(12)15/h2-5,14,18H,6-11,16H2,1H3. The van der Waals surface area contributed by atoms with E-state index in [0.717, 1.165) is 29.5 Å². The number of rotatable bonds is 9. The van der Waals surface area contributed by atoms with Crippen molar-refractivity contribution in [1.29, 1.82) is 0 Å². The van der Waals surface area contributed by atoms with Gasteiger partial charge in [-0.15, -0.1) is 0 Å². The van der Waals surface area contributed by atoms with Gasteiger partial charge in [0.2, 0.25) is 0 Å². The van der Waals surface area contributed by atoms with Gasteiger partial charge in [-0.3, -0.25) is 4.90 Å². The molecular formula is C14H23BrN2O2. The lowest BCUT2D eigenvalue weighted by Gasteiger charge is -2.23. The zero-order valence-corrected chi connectivity index (χ0v) is 13.0. The normalized spacial score (nSPS) is 12.9. The summed E-state index contributed by atoms with van der Waals surface area (Å²) >= 11 is 3.52. The summed E-state index contributed by atoms with van der Waals surface area (Å²) in [5.41, 5.74) is 7.34. The molecule has 1 atom stereocenters. The zero-order chi connectivity index (χ0) is 14.1. The van der Waals surface area contributed by atoms with Crippen LogP contribution in [0.5, 0.6) is 0 Å². The van der Waals surface area contributed by atoms with Gasteiger partial charge >= 0.3 is 0 Å². The molecule has 0 bridgehead atoms. The summed E-state index contributed by atoms with van der Waals surface area (Å²) in [4.78, 5) is 2.17. The molecule has 0 spiro atoms. The Balaban J connectivity index is 2.47. The van der Waals surface area contributed by atoms with Gasteiger partial charge in [-0.25, -0.2) is 0 Å². The highest BCUT2D eigenvalue weighted by molar-refractivity contribution is 9.10. The van der Waals surface area contributed by atoms with Gasteiger partial charge in [-0.2, -0.15) is 0 Å². The number of ether oxygens (including phenoxy) is 1. The molecule has 3 N–H and O–H groups in total. The third-order valence-corrected chi connectivity index (χ3v) is 3.81. The fraction of sp³-hybridized carbons (Fsp3) is 0.571. The Labute approximate surface area is 123 Å². The van der Waals surface area contributed by atoms with Gasteiger partial charge < -0.3 is 15.6 Å². The number of benzene rings is 1. The quantitative estimate of drug-likeness (QED) is 0.724. The number of hydrogen-bond acceptors (Lipinski definition) is 4. The van der Waals surface area contributed by atoms with Gasteiger partial charge in [0.1, 0.15) is 0 Å². The first-order valence-corrected chi connectivity index (χ1v) is 7.30. The molecule has 0 amide bonds. The maximum absolute atomic E-state index is 9.04. The van der Waals surface area contributed by atoms with Crippen LogP contribution >= 0.6 is 15.9 Å². The third kappa shape index (κ3) is 6.01. The Morgan fingerprint density at radius 3 is 2.68 bits per heavy atom. The van der Waals surface area contributed by atoms with Gasteiger partial charge in [0, 0.05) is 37.3 Å². The highest BCUT2D eigenvalue weighted by atomic mass is 79.9.